The molecule has 0 aliphatic rings. The number of hydrogen-bond donors (Lipinski definition) is 1. The molecule has 8 heteroatoms. The van der Waals surface area contributed by atoms with Gasteiger partial charge in [0.25, 0.3) is 0 Å². The molecule has 1 unspecified atom stereocenters. The minimum Gasteiger partial charge on any atom is -0.790 e. The lowest BCUT2D eigenvalue weighted by Gasteiger charge is -2.30. The summed E-state index contributed by atoms with van der Waals surface area (Å²) in [6.45, 7) is 4.10. The number of phosphoric acid groups is 1. The Morgan fingerprint density at radius 3 is 1.68 bits per heavy atom. The minimum absolute atomic E-state index is 0.0909. The monoisotopic (exact) mass is 463 g/mol. The smallest absolute Gasteiger partial charge is 0.220 e. The quantitative estimate of drug-likeness (QED) is 0.175. The van der Waals surface area contributed by atoms with Crippen LogP contribution in [0.1, 0.15) is 117 Å². The van der Waals surface area contributed by atoms with Crippen molar-refractivity contribution in [1.29, 1.82) is 0 Å². The van der Waals surface area contributed by atoms with Crippen LogP contribution >= 0.6 is 7.82 Å². The van der Waals surface area contributed by atoms with Gasteiger partial charge in [-0.15, -0.1) is 0 Å². The van der Waals surface area contributed by atoms with E-state index in [9.17, 15) is 19.1 Å². The highest BCUT2D eigenvalue weighted by molar-refractivity contribution is 7.43. The van der Waals surface area contributed by atoms with Crippen LogP contribution in [0.3, 0.4) is 0 Å². The first-order valence-corrected chi connectivity index (χ1v) is 13.9. The zero-order chi connectivity index (χ0) is 23.2. The number of amides is 1. The average molecular weight is 464 g/mol. The Hall–Kier alpha value is -0.460. The zero-order valence-corrected chi connectivity index (χ0v) is 20.8. The summed E-state index contributed by atoms with van der Waals surface area (Å²) in [4.78, 5) is 33.0. The van der Waals surface area contributed by atoms with Gasteiger partial charge in [0, 0.05) is 19.6 Å². The van der Waals surface area contributed by atoms with Gasteiger partial charge in [0.05, 0.1) is 20.5 Å². The molecule has 1 amide bonds. The molecule has 186 valence electrons. The van der Waals surface area contributed by atoms with Gasteiger partial charge in [0.2, 0.25) is 5.91 Å². The van der Waals surface area contributed by atoms with Crippen LogP contribution < -0.4 is 15.1 Å². The Bertz CT molecular complexity index is 457. The van der Waals surface area contributed by atoms with E-state index in [0.29, 0.717) is 13.0 Å². The molecule has 1 N–H and O–H groups in total. The molecule has 0 aliphatic carbocycles. The number of carbonyl (C=O) groups excluding carboxylic acids is 1. The second kappa shape index (κ2) is 21.4. The maximum atomic E-state index is 11.9. The molecule has 7 nitrogen and oxygen atoms in total. The SMILES string of the molecule is CCCCCCCCCCCCCCCCCC(=O)NCC(COP(=O)([O-])[O-])OCC. The molecule has 0 saturated heterocycles. The molecule has 0 spiro atoms. The van der Waals surface area contributed by atoms with Crippen molar-refractivity contribution in [3.63, 3.8) is 0 Å². The van der Waals surface area contributed by atoms with Gasteiger partial charge in [0.15, 0.2) is 0 Å². The highest BCUT2D eigenvalue weighted by Gasteiger charge is 2.11. The lowest BCUT2D eigenvalue weighted by molar-refractivity contribution is -0.342. The van der Waals surface area contributed by atoms with Crippen molar-refractivity contribution < 1.29 is 28.4 Å². The second-order valence-corrected chi connectivity index (χ2v) is 9.48. The van der Waals surface area contributed by atoms with E-state index in [0.717, 1.165) is 19.3 Å². The lowest BCUT2D eigenvalue weighted by atomic mass is 10.0. The molecule has 0 saturated carbocycles. The molecular formula is C23H46NO6P-2. The van der Waals surface area contributed by atoms with Gasteiger partial charge in [-0.05, 0) is 13.3 Å². The van der Waals surface area contributed by atoms with Crippen molar-refractivity contribution in [2.24, 2.45) is 0 Å². The first-order valence-electron chi connectivity index (χ1n) is 12.4. The molecule has 1 atom stereocenters. The van der Waals surface area contributed by atoms with E-state index in [1.54, 1.807) is 6.92 Å². The molecule has 0 aliphatic heterocycles. The fourth-order valence-corrected chi connectivity index (χ4v) is 3.90. The van der Waals surface area contributed by atoms with Gasteiger partial charge < -0.3 is 28.9 Å². The van der Waals surface area contributed by atoms with Crippen LogP contribution in [0.25, 0.3) is 0 Å². The average Bonchev–Trinajstić information content (AvgIpc) is 2.72. The molecule has 0 heterocycles. The number of rotatable bonds is 23. The molecule has 0 aromatic heterocycles. The van der Waals surface area contributed by atoms with Crippen LogP contribution in [-0.2, 0) is 18.6 Å². The molecule has 31 heavy (non-hydrogen) atoms. The van der Waals surface area contributed by atoms with Crippen molar-refractivity contribution in [2.45, 2.75) is 123 Å². The molecule has 0 bridgehead atoms. The number of unbranched alkanes of at least 4 members (excludes halogenated alkanes) is 14. The van der Waals surface area contributed by atoms with Crippen LogP contribution in [0.15, 0.2) is 0 Å². The molecule has 0 radical (unpaired) electrons. The highest BCUT2D eigenvalue weighted by atomic mass is 31.2. The number of phosphoric ester groups is 1. The Labute approximate surface area is 190 Å². The fourth-order valence-electron chi connectivity index (χ4n) is 3.55. The zero-order valence-electron chi connectivity index (χ0n) is 19.9. The third-order valence-corrected chi connectivity index (χ3v) is 5.82. The van der Waals surface area contributed by atoms with E-state index >= 15 is 0 Å². The van der Waals surface area contributed by atoms with E-state index < -0.39 is 13.9 Å². The fraction of sp³-hybridized carbons (Fsp3) is 0.957. The molecule has 0 rings (SSSR count). The van der Waals surface area contributed by atoms with Gasteiger partial charge in [-0.3, -0.25) is 4.79 Å². The van der Waals surface area contributed by atoms with Gasteiger partial charge in [0.1, 0.15) is 0 Å². The first kappa shape index (κ1) is 30.5. The summed E-state index contributed by atoms with van der Waals surface area (Å²) in [5, 5.41) is 2.72. The van der Waals surface area contributed by atoms with Crippen LogP contribution in [-0.4, -0.2) is 31.8 Å². The van der Waals surface area contributed by atoms with Gasteiger partial charge in [-0.1, -0.05) is 96.8 Å². The minimum atomic E-state index is -5.03. The molecule has 0 fully saturated rings. The number of ether oxygens (including phenoxy) is 1. The summed E-state index contributed by atoms with van der Waals surface area (Å²) in [7, 11) is -5.03. The topological polar surface area (TPSA) is 111 Å². The third kappa shape index (κ3) is 24.0. The maximum Gasteiger partial charge on any atom is 0.220 e. The van der Waals surface area contributed by atoms with E-state index in [1.165, 1.54) is 77.0 Å². The predicted molar refractivity (Wildman–Crippen MR) is 122 cm³/mol. The number of hydrogen-bond acceptors (Lipinski definition) is 6. The Kier molecular flexibility index (Phi) is 21.1. The van der Waals surface area contributed by atoms with Crippen molar-refractivity contribution in [3.8, 4) is 0 Å². The summed E-state index contributed by atoms with van der Waals surface area (Å²) in [5.74, 6) is -0.0909. The number of nitrogens with one attached hydrogen (secondary N) is 1. The Balaban J connectivity index is 3.48. The standard InChI is InChI=1S/C23H48NO6P/c1-3-5-6-7-8-9-10-11-12-13-14-15-16-17-18-19-23(25)24-20-22(29-4-2)21-30-31(26,27)28/h22H,3-21H2,1-2H3,(H,24,25)(H2,26,27,28)/p-2. The summed E-state index contributed by atoms with van der Waals surface area (Å²) in [6, 6.07) is 0. The van der Waals surface area contributed by atoms with Crippen LogP contribution in [0, 0.1) is 0 Å². The summed E-state index contributed by atoms with van der Waals surface area (Å²) >= 11 is 0. The summed E-state index contributed by atoms with van der Waals surface area (Å²) < 4.78 is 20.1. The second-order valence-electron chi connectivity index (χ2n) is 8.32. The Morgan fingerprint density at radius 2 is 1.26 bits per heavy atom. The third-order valence-electron chi connectivity index (χ3n) is 5.36. The summed E-state index contributed by atoms with van der Waals surface area (Å²) in [5.41, 5.74) is 0. The summed E-state index contributed by atoms with van der Waals surface area (Å²) in [6.07, 6.45) is 19.0. The van der Waals surface area contributed by atoms with Crippen molar-refractivity contribution in [2.75, 3.05) is 19.8 Å². The first-order chi connectivity index (χ1) is 14.9. The van der Waals surface area contributed by atoms with Gasteiger partial charge in [-0.25, -0.2) is 0 Å². The van der Waals surface area contributed by atoms with Crippen LogP contribution in [0.4, 0.5) is 0 Å². The van der Waals surface area contributed by atoms with E-state index in [2.05, 4.69) is 16.8 Å². The van der Waals surface area contributed by atoms with Gasteiger partial charge in [-0.2, -0.15) is 0 Å². The highest BCUT2D eigenvalue weighted by Crippen LogP contribution is 2.24. The number of carbonyl (C=O) groups is 1. The van der Waals surface area contributed by atoms with E-state index in [-0.39, 0.29) is 19.1 Å². The van der Waals surface area contributed by atoms with Crippen molar-refractivity contribution in [1.82, 2.24) is 5.32 Å². The van der Waals surface area contributed by atoms with Crippen LogP contribution in [0.5, 0.6) is 0 Å². The predicted octanol–water partition coefficient (Wildman–Crippen LogP) is 4.61. The largest absolute Gasteiger partial charge is 0.790 e. The van der Waals surface area contributed by atoms with E-state index in [4.69, 9.17) is 4.74 Å². The van der Waals surface area contributed by atoms with E-state index in [1.807, 2.05) is 0 Å². The van der Waals surface area contributed by atoms with Crippen LogP contribution in [0.2, 0.25) is 0 Å². The lowest BCUT2D eigenvalue weighted by Crippen LogP contribution is -2.37. The normalized spacial score (nSPS) is 12.8. The molecular weight excluding hydrogens is 417 g/mol. The maximum absolute atomic E-state index is 11.9. The molecule has 0 aromatic carbocycles. The van der Waals surface area contributed by atoms with Gasteiger partial charge >= 0.3 is 0 Å². The Morgan fingerprint density at radius 1 is 0.806 bits per heavy atom. The van der Waals surface area contributed by atoms with Crippen molar-refractivity contribution >= 4 is 13.7 Å². The van der Waals surface area contributed by atoms with Crippen molar-refractivity contribution in [3.05, 3.63) is 0 Å². The molecule has 0 aromatic rings.